The number of hydrogen-bond donors (Lipinski definition) is 0. The summed E-state index contributed by atoms with van der Waals surface area (Å²) in [6.45, 7) is 8.88. The summed E-state index contributed by atoms with van der Waals surface area (Å²) < 4.78 is 0. The number of anilines is 3. The van der Waals surface area contributed by atoms with Crippen molar-refractivity contribution in [2.24, 2.45) is 0 Å². The van der Waals surface area contributed by atoms with Gasteiger partial charge in [0.05, 0.1) is 0 Å². The summed E-state index contributed by atoms with van der Waals surface area (Å²) in [6.07, 6.45) is 4.31. The molecule has 0 atom stereocenters. The lowest BCUT2D eigenvalue weighted by atomic mass is 9.87. The van der Waals surface area contributed by atoms with Crippen LogP contribution in [-0.4, -0.2) is 0 Å². The van der Waals surface area contributed by atoms with Crippen molar-refractivity contribution < 1.29 is 0 Å². The van der Waals surface area contributed by atoms with Crippen LogP contribution >= 0.6 is 0 Å². The molecule has 160 valence electrons. The van der Waals surface area contributed by atoms with E-state index in [1.54, 1.807) is 0 Å². The van der Waals surface area contributed by atoms with E-state index in [2.05, 4.69) is 142 Å². The number of benzene rings is 4. The molecule has 0 radical (unpaired) electrons. The van der Waals surface area contributed by atoms with Crippen LogP contribution in [0.15, 0.2) is 103 Å². The highest BCUT2D eigenvalue weighted by Crippen LogP contribution is 2.36. The molecular formula is C31H31N. The Labute approximate surface area is 192 Å². The van der Waals surface area contributed by atoms with E-state index in [1.165, 1.54) is 22.3 Å². The molecule has 0 amide bonds. The van der Waals surface area contributed by atoms with Gasteiger partial charge in [-0.15, -0.1) is 0 Å². The molecule has 4 rings (SSSR count). The molecule has 0 aliphatic rings. The summed E-state index contributed by atoms with van der Waals surface area (Å²) in [4.78, 5) is 2.32. The molecule has 1 heteroatoms. The zero-order valence-corrected chi connectivity index (χ0v) is 19.4. The van der Waals surface area contributed by atoms with Crippen molar-refractivity contribution in [1.82, 2.24) is 0 Å². The number of hydrogen-bond acceptors (Lipinski definition) is 1. The first-order valence-corrected chi connectivity index (χ1v) is 11.2. The highest BCUT2D eigenvalue weighted by Gasteiger charge is 2.16. The highest BCUT2D eigenvalue weighted by atomic mass is 15.1. The topological polar surface area (TPSA) is 3.24 Å². The summed E-state index contributed by atoms with van der Waals surface area (Å²) >= 11 is 0. The van der Waals surface area contributed by atoms with Crippen molar-refractivity contribution in [1.29, 1.82) is 0 Å². The minimum absolute atomic E-state index is 0.139. The van der Waals surface area contributed by atoms with Crippen LogP contribution in [0.3, 0.4) is 0 Å². The van der Waals surface area contributed by atoms with Gasteiger partial charge in [-0.3, -0.25) is 0 Å². The second kappa shape index (κ2) is 9.28. The van der Waals surface area contributed by atoms with Gasteiger partial charge in [-0.2, -0.15) is 0 Å². The fraction of sp³-hybridized carbons (Fsp3) is 0.161. The van der Waals surface area contributed by atoms with Gasteiger partial charge < -0.3 is 4.90 Å². The van der Waals surface area contributed by atoms with Crippen molar-refractivity contribution in [3.05, 3.63) is 125 Å². The molecule has 0 aliphatic heterocycles. The second-order valence-electron chi connectivity index (χ2n) is 9.30. The zero-order valence-electron chi connectivity index (χ0n) is 19.4. The molecule has 0 saturated heterocycles. The molecule has 0 heterocycles. The number of rotatable bonds is 5. The van der Waals surface area contributed by atoms with E-state index in [1.807, 2.05) is 6.07 Å². The van der Waals surface area contributed by atoms with Crippen LogP contribution in [0, 0.1) is 6.92 Å². The van der Waals surface area contributed by atoms with E-state index in [0.29, 0.717) is 0 Å². The van der Waals surface area contributed by atoms with Gasteiger partial charge in [-0.1, -0.05) is 105 Å². The van der Waals surface area contributed by atoms with E-state index >= 15 is 0 Å². The molecule has 4 aromatic rings. The number of aryl methyl sites for hydroxylation is 1. The van der Waals surface area contributed by atoms with Crippen LogP contribution in [0.1, 0.15) is 43.0 Å². The summed E-state index contributed by atoms with van der Waals surface area (Å²) in [7, 11) is 0. The van der Waals surface area contributed by atoms with E-state index in [0.717, 1.165) is 17.1 Å². The van der Waals surface area contributed by atoms with Gasteiger partial charge in [-0.05, 0) is 65.4 Å². The Morgan fingerprint density at radius 1 is 0.531 bits per heavy atom. The first-order valence-electron chi connectivity index (χ1n) is 11.2. The first kappa shape index (κ1) is 21.6. The fourth-order valence-corrected chi connectivity index (χ4v) is 3.74. The largest absolute Gasteiger partial charge is 0.311 e. The van der Waals surface area contributed by atoms with Crippen LogP contribution in [0.2, 0.25) is 0 Å². The smallest absolute Gasteiger partial charge is 0.0462 e. The maximum absolute atomic E-state index is 2.32. The molecule has 0 saturated carbocycles. The van der Waals surface area contributed by atoms with Gasteiger partial charge >= 0.3 is 0 Å². The van der Waals surface area contributed by atoms with E-state index in [9.17, 15) is 0 Å². The van der Waals surface area contributed by atoms with E-state index in [-0.39, 0.29) is 5.41 Å². The van der Waals surface area contributed by atoms with Gasteiger partial charge in [-0.25, -0.2) is 0 Å². The quantitative estimate of drug-likeness (QED) is 0.293. The van der Waals surface area contributed by atoms with E-state index in [4.69, 9.17) is 0 Å². The van der Waals surface area contributed by atoms with Gasteiger partial charge in [0.15, 0.2) is 0 Å². The average Bonchev–Trinajstić information content (AvgIpc) is 2.80. The van der Waals surface area contributed by atoms with Crippen molar-refractivity contribution >= 4 is 29.2 Å². The molecule has 0 unspecified atom stereocenters. The standard InChI is InChI=1S/C31H31N/c1-24-10-18-28(19-11-24)32(30-22-16-27(17-23-30)31(2,3)4)29-20-14-26(15-21-29)13-12-25-8-6-5-7-9-25/h5-23H,1-4H3/b13-12+. The lowest BCUT2D eigenvalue weighted by molar-refractivity contribution is 0.590. The molecule has 0 bridgehead atoms. The average molecular weight is 418 g/mol. The molecule has 0 spiro atoms. The third-order valence-electron chi connectivity index (χ3n) is 5.70. The lowest BCUT2D eigenvalue weighted by Gasteiger charge is -2.27. The molecule has 0 N–H and O–H groups in total. The van der Waals surface area contributed by atoms with Crippen molar-refractivity contribution in [3.8, 4) is 0 Å². The third kappa shape index (κ3) is 5.18. The van der Waals surface area contributed by atoms with Gasteiger partial charge in [0.25, 0.3) is 0 Å². The summed E-state index contributed by atoms with van der Waals surface area (Å²) in [6, 6.07) is 36.8. The van der Waals surface area contributed by atoms with Crippen LogP contribution in [-0.2, 0) is 5.41 Å². The Hall–Kier alpha value is -3.58. The lowest BCUT2D eigenvalue weighted by Crippen LogP contribution is -2.13. The van der Waals surface area contributed by atoms with Crippen LogP contribution in [0.5, 0.6) is 0 Å². The Bertz CT molecular complexity index is 1160. The Morgan fingerprint density at radius 2 is 0.969 bits per heavy atom. The number of nitrogens with zero attached hydrogens (tertiary/aromatic N) is 1. The SMILES string of the molecule is Cc1ccc(N(c2ccc(/C=C/c3ccccc3)cc2)c2ccc(C(C)(C)C)cc2)cc1. The van der Waals surface area contributed by atoms with Crippen LogP contribution in [0.4, 0.5) is 17.1 Å². The predicted octanol–water partition coefficient (Wildman–Crippen LogP) is 8.93. The van der Waals surface area contributed by atoms with Crippen molar-refractivity contribution in [3.63, 3.8) is 0 Å². The minimum Gasteiger partial charge on any atom is -0.311 e. The molecule has 0 aliphatic carbocycles. The van der Waals surface area contributed by atoms with Crippen LogP contribution in [0.25, 0.3) is 12.2 Å². The maximum Gasteiger partial charge on any atom is 0.0462 e. The monoisotopic (exact) mass is 417 g/mol. The molecular weight excluding hydrogens is 386 g/mol. The summed E-state index contributed by atoms with van der Waals surface area (Å²) in [5, 5.41) is 0. The molecule has 32 heavy (non-hydrogen) atoms. The molecule has 0 fully saturated rings. The van der Waals surface area contributed by atoms with Crippen LogP contribution < -0.4 is 4.90 Å². The van der Waals surface area contributed by atoms with Gasteiger partial charge in [0.2, 0.25) is 0 Å². The maximum atomic E-state index is 2.32. The van der Waals surface area contributed by atoms with Gasteiger partial charge in [0.1, 0.15) is 0 Å². The Kier molecular flexibility index (Phi) is 6.28. The van der Waals surface area contributed by atoms with Crippen molar-refractivity contribution in [2.75, 3.05) is 4.90 Å². The van der Waals surface area contributed by atoms with Crippen molar-refractivity contribution in [2.45, 2.75) is 33.1 Å². The molecule has 0 aromatic heterocycles. The normalized spacial score (nSPS) is 11.6. The summed E-state index contributed by atoms with van der Waals surface area (Å²) in [5.41, 5.74) is 8.60. The Balaban J connectivity index is 1.67. The third-order valence-corrected chi connectivity index (χ3v) is 5.70. The zero-order chi connectivity index (χ0) is 22.6. The van der Waals surface area contributed by atoms with Gasteiger partial charge in [0, 0.05) is 17.1 Å². The molecule has 1 nitrogen and oxygen atoms in total. The second-order valence-corrected chi connectivity index (χ2v) is 9.30. The first-order chi connectivity index (χ1) is 15.4. The summed E-state index contributed by atoms with van der Waals surface area (Å²) in [5.74, 6) is 0. The van der Waals surface area contributed by atoms with E-state index < -0.39 is 0 Å². The Morgan fingerprint density at radius 3 is 1.47 bits per heavy atom. The predicted molar refractivity (Wildman–Crippen MR) is 140 cm³/mol. The highest BCUT2D eigenvalue weighted by molar-refractivity contribution is 5.78. The molecule has 4 aromatic carbocycles. The fourth-order valence-electron chi connectivity index (χ4n) is 3.74. The minimum atomic E-state index is 0.139.